The average Bonchev–Trinajstić information content (AvgIpc) is 2.85. The molecule has 1 amide bonds. The molecule has 0 bridgehead atoms. The monoisotopic (exact) mass is 343 g/mol. The molecule has 2 rings (SSSR count). The molecule has 1 aromatic heterocycles. The number of halogens is 1. The highest BCUT2D eigenvalue weighted by Gasteiger charge is 2.12. The van der Waals surface area contributed by atoms with Crippen LogP contribution in [0.25, 0.3) is 0 Å². The Labute approximate surface area is 136 Å². The SMILES string of the molecule is CSCCC(=O)Nc1cc(Cl)ccc1Sc1nnnn1C. The molecule has 0 aliphatic carbocycles. The number of benzene rings is 1. The highest BCUT2D eigenvalue weighted by molar-refractivity contribution is 7.99. The van der Waals surface area contributed by atoms with Gasteiger partial charge in [0.25, 0.3) is 0 Å². The predicted molar refractivity (Wildman–Crippen MR) is 86.0 cm³/mol. The molecular formula is C12H14ClN5OS2. The summed E-state index contributed by atoms with van der Waals surface area (Å²) in [5.74, 6) is 0.742. The van der Waals surface area contributed by atoms with Crippen LogP contribution in [0.2, 0.25) is 5.02 Å². The molecule has 9 heteroatoms. The first kappa shape index (κ1) is 16.1. The summed E-state index contributed by atoms with van der Waals surface area (Å²) in [7, 11) is 1.76. The van der Waals surface area contributed by atoms with Crippen molar-refractivity contribution >= 4 is 46.7 Å². The minimum Gasteiger partial charge on any atom is -0.325 e. The van der Waals surface area contributed by atoms with E-state index in [1.165, 1.54) is 11.8 Å². The molecule has 0 atom stereocenters. The van der Waals surface area contributed by atoms with Gasteiger partial charge < -0.3 is 5.32 Å². The van der Waals surface area contributed by atoms with E-state index in [2.05, 4.69) is 20.8 Å². The number of aryl methyl sites for hydroxylation is 1. The quantitative estimate of drug-likeness (QED) is 0.869. The standard InChI is InChI=1S/C12H14ClN5OS2/c1-18-12(15-16-17-18)21-10-4-3-8(13)7-9(10)14-11(19)5-6-20-2/h3-4,7H,5-6H2,1-2H3,(H,14,19). The molecule has 0 unspecified atom stereocenters. The number of thioether (sulfide) groups is 1. The third-order valence-electron chi connectivity index (χ3n) is 2.53. The van der Waals surface area contributed by atoms with Crippen LogP contribution in [0, 0.1) is 0 Å². The van der Waals surface area contributed by atoms with Crippen LogP contribution in [0.1, 0.15) is 6.42 Å². The van der Waals surface area contributed by atoms with E-state index < -0.39 is 0 Å². The van der Waals surface area contributed by atoms with Crippen LogP contribution in [0.5, 0.6) is 0 Å². The van der Waals surface area contributed by atoms with Gasteiger partial charge in [-0.05, 0) is 46.6 Å². The molecule has 0 aliphatic heterocycles. The molecule has 1 N–H and O–H groups in total. The van der Waals surface area contributed by atoms with E-state index >= 15 is 0 Å². The largest absolute Gasteiger partial charge is 0.325 e. The third-order valence-corrected chi connectivity index (χ3v) is 4.48. The zero-order valence-corrected chi connectivity index (χ0v) is 13.9. The maximum atomic E-state index is 11.9. The van der Waals surface area contributed by atoms with Crippen LogP contribution in [-0.2, 0) is 11.8 Å². The van der Waals surface area contributed by atoms with Gasteiger partial charge in [-0.15, -0.1) is 5.10 Å². The second kappa shape index (κ2) is 7.67. The molecule has 0 spiro atoms. The lowest BCUT2D eigenvalue weighted by Gasteiger charge is -2.10. The number of hydrogen-bond donors (Lipinski definition) is 1. The van der Waals surface area contributed by atoms with Crippen molar-refractivity contribution in [1.82, 2.24) is 20.2 Å². The van der Waals surface area contributed by atoms with E-state index in [1.807, 2.05) is 12.3 Å². The molecule has 0 saturated carbocycles. The van der Waals surface area contributed by atoms with Gasteiger partial charge in [0.2, 0.25) is 11.1 Å². The van der Waals surface area contributed by atoms with Crippen LogP contribution in [0.4, 0.5) is 5.69 Å². The summed E-state index contributed by atoms with van der Waals surface area (Å²) >= 11 is 9.01. The van der Waals surface area contributed by atoms with Gasteiger partial charge in [0.15, 0.2) is 0 Å². The Kier molecular flexibility index (Phi) is 5.89. The van der Waals surface area contributed by atoms with Crippen LogP contribution in [0.3, 0.4) is 0 Å². The van der Waals surface area contributed by atoms with Gasteiger partial charge in [-0.25, -0.2) is 4.68 Å². The first-order valence-corrected chi connectivity index (χ1v) is 8.67. The lowest BCUT2D eigenvalue weighted by molar-refractivity contribution is -0.115. The molecule has 112 valence electrons. The molecular weight excluding hydrogens is 330 g/mol. The molecule has 21 heavy (non-hydrogen) atoms. The maximum absolute atomic E-state index is 11.9. The third kappa shape index (κ3) is 4.62. The predicted octanol–water partition coefficient (Wildman–Crippen LogP) is 2.71. The smallest absolute Gasteiger partial charge is 0.225 e. The van der Waals surface area contributed by atoms with E-state index in [4.69, 9.17) is 11.6 Å². The summed E-state index contributed by atoms with van der Waals surface area (Å²) in [6.45, 7) is 0. The van der Waals surface area contributed by atoms with Crippen molar-refractivity contribution in [3.8, 4) is 0 Å². The van der Waals surface area contributed by atoms with Crippen molar-refractivity contribution in [2.24, 2.45) is 7.05 Å². The fraction of sp³-hybridized carbons (Fsp3) is 0.333. The molecule has 1 aromatic carbocycles. The topological polar surface area (TPSA) is 72.7 Å². The molecule has 0 saturated heterocycles. The highest BCUT2D eigenvalue weighted by atomic mass is 35.5. The Morgan fingerprint density at radius 3 is 2.95 bits per heavy atom. The number of aromatic nitrogens is 4. The van der Waals surface area contributed by atoms with E-state index in [9.17, 15) is 4.79 Å². The van der Waals surface area contributed by atoms with Gasteiger partial charge in [-0.3, -0.25) is 4.79 Å². The minimum atomic E-state index is -0.0374. The van der Waals surface area contributed by atoms with Crippen molar-refractivity contribution in [2.45, 2.75) is 16.5 Å². The lowest BCUT2D eigenvalue weighted by atomic mass is 10.3. The summed E-state index contributed by atoms with van der Waals surface area (Å²) in [5, 5.41) is 15.4. The minimum absolute atomic E-state index is 0.0374. The number of carbonyl (C=O) groups excluding carboxylic acids is 1. The van der Waals surface area contributed by atoms with Crippen molar-refractivity contribution in [2.75, 3.05) is 17.3 Å². The molecule has 1 heterocycles. The number of tetrazole rings is 1. The molecule has 2 aromatic rings. The Hall–Kier alpha value is -1.25. The first-order valence-electron chi connectivity index (χ1n) is 6.08. The summed E-state index contributed by atoms with van der Waals surface area (Å²) in [6, 6.07) is 5.34. The Morgan fingerprint density at radius 1 is 1.48 bits per heavy atom. The molecule has 0 radical (unpaired) electrons. The number of amides is 1. The van der Waals surface area contributed by atoms with Gasteiger partial charge in [0, 0.05) is 29.1 Å². The van der Waals surface area contributed by atoms with E-state index in [0.717, 1.165) is 10.6 Å². The fourth-order valence-electron chi connectivity index (χ4n) is 1.50. The Balaban J connectivity index is 2.17. The second-order valence-corrected chi connectivity index (χ2v) is 6.55. The normalized spacial score (nSPS) is 10.6. The zero-order valence-electron chi connectivity index (χ0n) is 11.5. The van der Waals surface area contributed by atoms with Crippen molar-refractivity contribution < 1.29 is 4.79 Å². The van der Waals surface area contributed by atoms with Gasteiger partial charge in [0.05, 0.1) is 5.69 Å². The van der Waals surface area contributed by atoms with Crippen molar-refractivity contribution in [1.29, 1.82) is 0 Å². The maximum Gasteiger partial charge on any atom is 0.225 e. The number of nitrogens with one attached hydrogen (secondary N) is 1. The number of hydrogen-bond acceptors (Lipinski definition) is 6. The molecule has 0 fully saturated rings. The van der Waals surface area contributed by atoms with Crippen LogP contribution in [-0.4, -0.2) is 38.1 Å². The second-order valence-electron chi connectivity index (χ2n) is 4.12. The van der Waals surface area contributed by atoms with Crippen molar-refractivity contribution in [3.05, 3.63) is 23.2 Å². The summed E-state index contributed by atoms with van der Waals surface area (Å²) in [5.41, 5.74) is 0.668. The van der Waals surface area contributed by atoms with E-state index in [1.54, 1.807) is 35.6 Å². The molecule has 6 nitrogen and oxygen atoms in total. The van der Waals surface area contributed by atoms with Gasteiger partial charge in [-0.2, -0.15) is 11.8 Å². The molecule has 0 aliphatic rings. The first-order chi connectivity index (χ1) is 10.1. The van der Waals surface area contributed by atoms with Gasteiger partial charge in [-0.1, -0.05) is 11.6 Å². The number of carbonyl (C=O) groups is 1. The van der Waals surface area contributed by atoms with Crippen molar-refractivity contribution in [3.63, 3.8) is 0 Å². The van der Waals surface area contributed by atoms with Crippen LogP contribution < -0.4 is 5.32 Å². The Bertz CT molecular complexity index is 634. The number of nitrogens with zero attached hydrogens (tertiary/aromatic N) is 4. The summed E-state index contributed by atoms with van der Waals surface area (Å²) in [4.78, 5) is 12.7. The fourth-order valence-corrected chi connectivity index (χ4v) is 2.86. The van der Waals surface area contributed by atoms with Crippen LogP contribution in [0.15, 0.2) is 28.3 Å². The number of rotatable bonds is 6. The number of anilines is 1. The zero-order chi connectivity index (χ0) is 15.2. The van der Waals surface area contributed by atoms with Gasteiger partial charge >= 0.3 is 0 Å². The highest BCUT2D eigenvalue weighted by Crippen LogP contribution is 2.33. The van der Waals surface area contributed by atoms with E-state index in [0.29, 0.717) is 22.3 Å². The van der Waals surface area contributed by atoms with E-state index in [-0.39, 0.29) is 5.91 Å². The Morgan fingerprint density at radius 2 is 2.29 bits per heavy atom. The summed E-state index contributed by atoms with van der Waals surface area (Å²) < 4.78 is 1.57. The van der Waals surface area contributed by atoms with Gasteiger partial charge in [0.1, 0.15) is 0 Å². The summed E-state index contributed by atoms with van der Waals surface area (Å²) in [6.07, 6.45) is 2.43. The van der Waals surface area contributed by atoms with Crippen LogP contribution >= 0.6 is 35.1 Å². The average molecular weight is 344 g/mol. The lowest BCUT2D eigenvalue weighted by Crippen LogP contribution is -2.12.